The molecule has 0 saturated carbocycles. The number of non-ortho nitro benzene ring substituents is 1. The molecule has 1 fully saturated rings. The van der Waals surface area contributed by atoms with Gasteiger partial charge in [-0.25, -0.2) is 0 Å². The molecule has 2 heterocycles. The average Bonchev–Trinajstić information content (AvgIpc) is 3.32. The Balaban J connectivity index is 1.40. The van der Waals surface area contributed by atoms with Gasteiger partial charge in [-0.2, -0.15) is 0 Å². The quantitative estimate of drug-likeness (QED) is 0.410. The number of ether oxygens (including phenoxy) is 1. The number of para-hydroxylation sites is 1. The fraction of sp³-hybridized carbons (Fsp3) is 0.240. The highest BCUT2D eigenvalue weighted by Gasteiger charge is 2.67. The zero-order valence-corrected chi connectivity index (χ0v) is 18.7. The number of nitrogens with zero attached hydrogens (tertiary/aromatic N) is 2. The second kappa shape index (κ2) is 8.48. The Morgan fingerprint density at radius 3 is 2.46 bits per heavy atom. The number of carbonyl (C=O) groups is 1. The summed E-state index contributed by atoms with van der Waals surface area (Å²) < 4.78 is 5.77. The zero-order chi connectivity index (χ0) is 24.7. The van der Waals surface area contributed by atoms with Crippen LogP contribution < -0.4 is 15.4 Å². The number of anilines is 1. The molecule has 0 bridgehead atoms. The molecule has 35 heavy (non-hydrogen) atoms. The lowest BCUT2D eigenvalue weighted by atomic mass is 9.78. The Bertz CT molecular complexity index is 1330. The number of amides is 1. The van der Waals surface area contributed by atoms with Crippen molar-refractivity contribution in [3.05, 3.63) is 110 Å². The van der Waals surface area contributed by atoms with Crippen molar-refractivity contribution in [1.82, 2.24) is 5.32 Å². The number of nitro benzene ring substituents is 1. The molecule has 2 N–H and O–H groups in total. The standard InChI is InChI=1S/C25H22N4O6/c1-15-22(23(29(33)34)25(27-15)20-7-2-3-8-21(20)26-24(25)30)17-9-11-19(12-10-17)35-14-16-5-4-6-18(13-16)28(31)32/h2-13,15,22-23,27H,14H2,1H3,(H,26,30)/t15-,22+,23+,25-/m0/s1. The first-order valence-electron chi connectivity index (χ1n) is 11.1. The van der Waals surface area contributed by atoms with Gasteiger partial charge in [0.15, 0.2) is 5.54 Å². The number of nitro groups is 2. The van der Waals surface area contributed by atoms with Gasteiger partial charge < -0.3 is 10.1 Å². The summed E-state index contributed by atoms with van der Waals surface area (Å²) in [5.74, 6) is -0.463. The molecule has 1 amide bonds. The molecule has 1 saturated heterocycles. The maximum absolute atomic E-state index is 13.1. The minimum atomic E-state index is -1.46. The van der Waals surface area contributed by atoms with Crippen molar-refractivity contribution in [2.45, 2.75) is 37.1 Å². The fourth-order valence-corrected chi connectivity index (χ4v) is 5.27. The monoisotopic (exact) mass is 474 g/mol. The molecule has 0 aliphatic carbocycles. The Kier molecular flexibility index (Phi) is 5.45. The van der Waals surface area contributed by atoms with Crippen molar-refractivity contribution < 1.29 is 19.4 Å². The molecular weight excluding hydrogens is 452 g/mol. The van der Waals surface area contributed by atoms with E-state index in [-0.39, 0.29) is 23.3 Å². The third-order valence-corrected chi connectivity index (χ3v) is 6.76. The lowest BCUT2D eigenvalue weighted by Crippen LogP contribution is -2.54. The van der Waals surface area contributed by atoms with Crippen LogP contribution in [0.4, 0.5) is 11.4 Å². The van der Waals surface area contributed by atoms with E-state index in [1.54, 1.807) is 60.7 Å². The lowest BCUT2D eigenvalue weighted by molar-refractivity contribution is -0.532. The largest absolute Gasteiger partial charge is 0.489 e. The Hall–Kier alpha value is -4.31. The number of hydrogen-bond acceptors (Lipinski definition) is 7. The maximum atomic E-state index is 13.1. The van der Waals surface area contributed by atoms with Crippen LogP contribution in [0.3, 0.4) is 0 Å². The first kappa shape index (κ1) is 22.5. The van der Waals surface area contributed by atoms with Gasteiger partial charge >= 0.3 is 0 Å². The molecule has 4 atom stereocenters. The molecule has 2 aliphatic rings. The highest BCUT2D eigenvalue weighted by atomic mass is 16.6. The van der Waals surface area contributed by atoms with Gasteiger partial charge in [0.1, 0.15) is 12.4 Å². The van der Waals surface area contributed by atoms with Crippen LogP contribution in [0.25, 0.3) is 0 Å². The van der Waals surface area contributed by atoms with E-state index in [0.717, 1.165) is 0 Å². The highest BCUT2D eigenvalue weighted by molar-refractivity contribution is 6.07. The molecule has 0 radical (unpaired) electrons. The van der Waals surface area contributed by atoms with E-state index < -0.39 is 28.3 Å². The van der Waals surface area contributed by atoms with E-state index in [1.807, 2.05) is 6.92 Å². The van der Waals surface area contributed by atoms with Crippen LogP contribution in [0.1, 0.15) is 29.5 Å². The van der Waals surface area contributed by atoms with Crippen molar-refractivity contribution in [1.29, 1.82) is 0 Å². The highest BCUT2D eigenvalue weighted by Crippen LogP contribution is 2.49. The summed E-state index contributed by atoms with van der Waals surface area (Å²) >= 11 is 0. The first-order chi connectivity index (χ1) is 16.8. The number of rotatable bonds is 6. The van der Waals surface area contributed by atoms with Crippen molar-refractivity contribution in [3.63, 3.8) is 0 Å². The number of fused-ring (bicyclic) bond motifs is 2. The SMILES string of the molecule is C[C@@H]1N[C@]2(C(=O)Nc3ccccc32)[C@H]([N+](=O)[O-])[C@H]1c1ccc(OCc2cccc([N+](=O)[O-])c2)cc1. The average molecular weight is 474 g/mol. The molecule has 0 aromatic heterocycles. The normalized spacial score (nSPS) is 24.7. The third-order valence-electron chi connectivity index (χ3n) is 6.76. The smallest absolute Gasteiger partial charge is 0.269 e. The van der Waals surface area contributed by atoms with E-state index >= 15 is 0 Å². The predicted molar refractivity (Wildman–Crippen MR) is 127 cm³/mol. The van der Waals surface area contributed by atoms with Crippen LogP contribution in [0, 0.1) is 20.2 Å². The first-order valence-corrected chi connectivity index (χ1v) is 11.1. The van der Waals surface area contributed by atoms with Crippen LogP contribution in [0.15, 0.2) is 72.8 Å². The summed E-state index contributed by atoms with van der Waals surface area (Å²) in [4.78, 5) is 35.6. The van der Waals surface area contributed by atoms with Gasteiger partial charge in [-0.1, -0.05) is 42.5 Å². The minimum absolute atomic E-state index is 0.0126. The van der Waals surface area contributed by atoms with E-state index in [0.29, 0.717) is 28.1 Å². The Labute approximate surface area is 200 Å². The topological polar surface area (TPSA) is 137 Å². The van der Waals surface area contributed by atoms with Crippen molar-refractivity contribution in [2.24, 2.45) is 0 Å². The summed E-state index contributed by atoms with van der Waals surface area (Å²) in [6, 6.07) is 18.6. The zero-order valence-electron chi connectivity index (χ0n) is 18.7. The molecule has 3 aromatic rings. The van der Waals surface area contributed by atoms with Crippen LogP contribution in [-0.2, 0) is 16.9 Å². The van der Waals surface area contributed by atoms with Crippen LogP contribution in [-0.4, -0.2) is 27.8 Å². The van der Waals surface area contributed by atoms with E-state index in [1.165, 1.54) is 12.1 Å². The minimum Gasteiger partial charge on any atom is -0.489 e. The summed E-state index contributed by atoms with van der Waals surface area (Å²) in [5, 5.41) is 29.4. The third kappa shape index (κ3) is 3.68. The summed E-state index contributed by atoms with van der Waals surface area (Å²) in [6.45, 7) is 1.98. The summed E-state index contributed by atoms with van der Waals surface area (Å²) in [6.07, 6.45) is 0. The molecule has 178 valence electrons. The summed E-state index contributed by atoms with van der Waals surface area (Å²) in [5.41, 5.74) is 1.05. The number of hydrogen-bond donors (Lipinski definition) is 2. The molecule has 3 aromatic carbocycles. The van der Waals surface area contributed by atoms with Gasteiger partial charge in [0.05, 0.1) is 10.8 Å². The van der Waals surface area contributed by atoms with Crippen LogP contribution >= 0.6 is 0 Å². The Morgan fingerprint density at radius 1 is 1.00 bits per heavy atom. The molecule has 10 heteroatoms. The Morgan fingerprint density at radius 2 is 1.74 bits per heavy atom. The number of benzene rings is 3. The van der Waals surface area contributed by atoms with Gasteiger partial charge in [0.2, 0.25) is 0 Å². The van der Waals surface area contributed by atoms with Crippen LogP contribution in [0.5, 0.6) is 5.75 Å². The molecule has 1 spiro atoms. The number of nitrogens with one attached hydrogen (secondary N) is 2. The van der Waals surface area contributed by atoms with Gasteiger partial charge in [-0.3, -0.25) is 30.3 Å². The van der Waals surface area contributed by atoms with Gasteiger partial charge in [-0.05, 0) is 36.2 Å². The predicted octanol–water partition coefficient (Wildman–Crippen LogP) is 3.74. The van der Waals surface area contributed by atoms with E-state index in [4.69, 9.17) is 4.74 Å². The fourth-order valence-electron chi connectivity index (χ4n) is 5.27. The van der Waals surface area contributed by atoms with Gasteiger partial charge in [-0.15, -0.1) is 0 Å². The van der Waals surface area contributed by atoms with E-state index in [9.17, 15) is 25.0 Å². The van der Waals surface area contributed by atoms with Gasteiger partial charge in [0, 0.05) is 34.3 Å². The second-order valence-electron chi connectivity index (χ2n) is 8.78. The van der Waals surface area contributed by atoms with Crippen LogP contribution in [0.2, 0.25) is 0 Å². The molecule has 0 unspecified atom stereocenters. The molecule has 2 aliphatic heterocycles. The lowest BCUT2D eigenvalue weighted by Gasteiger charge is -2.25. The summed E-state index contributed by atoms with van der Waals surface area (Å²) in [7, 11) is 0. The van der Waals surface area contributed by atoms with E-state index in [2.05, 4.69) is 10.6 Å². The van der Waals surface area contributed by atoms with Crippen molar-refractivity contribution in [3.8, 4) is 5.75 Å². The van der Waals surface area contributed by atoms with Crippen molar-refractivity contribution in [2.75, 3.05) is 5.32 Å². The number of carbonyl (C=O) groups excluding carboxylic acids is 1. The second-order valence-corrected chi connectivity index (χ2v) is 8.78. The molecule has 10 nitrogen and oxygen atoms in total. The maximum Gasteiger partial charge on any atom is 0.269 e. The van der Waals surface area contributed by atoms with Gasteiger partial charge in [0.25, 0.3) is 17.6 Å². The van der Waals surface area contributed by atoms with Crippen molar-refractivity contribution >= 4 is 17.3 Å². The molecular formula is C25H22N4O6. The molecule has 5 rings (SSSR count).